The summed E-state index contributed by atoms with van der Waals surface area (Å²) in [6.45, 7) is 0. The largest absolute Gasteiger partial charge is 0.456 e. The number of hydrogen-bond acceptors (Lipinski definition) is 4. The number of ketones is 2. The smallest absolute Gasteiger partial charge is 0.193 e. The number of hydrogen-bond donors (Lipinski definition) is 0. The van der Waals surface area contributed by atoms with Crippen molar-refractivity contribution < 1.29 is 18.4 Å². The maximum atomic E-state index is 13.2. The third-order valence-corrected chi connectivity index (χ3v) is 6.69. The Labute approximate surface area is 205 Å². The second kappa shape index (κ2) is 7.79. The van der Waals surface area contributed by atoms with E-state index < -0.39 is 0 Å². The molecule has 0 atom stereocenters. The van der Waals surface area contributed by atoms with Gasteiger partial charge in [-0.25, -0.2) is 0 Å². The van der Waals surface area contributed by atoms with Gasteiger partial charge in [0, 0.05) is 43.8 Å². The number of benzene rings is 5. The Morgan fingerprint density at radius 1 is 0.389 bits per heavy atom. The van der Waals surface area contributed by atoms with Crippen molar-refractivity contribution in [3.8, 4) is 0 Å². The van der Waals surface area contributed by atoms with Gasteiger partial charge in [-0.2, -0.15) is 0 Å². The Kier molecular flexibility index (Phi) is 4.42. The van der Waals surface area contributed by atoms with E-state index in [4.69, 9.17) is 8.83 Å². The summed E-state index contributed by atoms with van der Waals surface area (Å²) in [7, 11) is 0. The fraction of sp³-hybridized carbons (Fsp3) is 0. The van der Waals surface area contributed by atoms with Gasteiger partial charge in [0.2, 0.25) is 0 Å². The topological polar surface area (TPSA) is 60.4 Å². The molecule has 0 saturated carbocycles. The molecule has 2 aromatic heterocycles. The van der Waals surface area contributed by atoms with Gasteiger partial charge in [-0.1, -0.05) is 60.7 Å². The molecule has 0 saturated heterocycles. The first-order chi connectivity index (χ1) is 17.7. The van der Waals surface area contributed by atoms with E-state index in [1.54, 1.807) is 36.4 Å². The maximum absolute atomic E-state index is 13.2. The minimum atomic E-state index is -0.104. The zero-order valence-electron chi connectivity index (χ0n) is 19.0. The monoisotopic (exact) mass is 466 g/mol. The van der Waals surface area contributed by atoms with Gasteiger partial charge < -0.3 is 8.83 Å². The molecule has 170 valence electrons. The molecule has 0 unspecified atom stereocenters. The van der Waals surface area contributed by atoms with Crippen LogP contribution in [-0.4, -0.2) is 11.6 Å². The lowest BCUT2D eigenvalue weighted by atomic mass is 9.97. The van der Waals surface area contributed by atoms with Crippen LogP contribution in [-0.2, 0) is 0 Å². The molecule has 5 aromatic carbocycles. The van der Waals surface area contributed by atoms with E-state index in [0.29, 0.717) is 22.3 Å². The second-order valence-electron chi connectivity index (χ2n) is 8.85. The van der Waals surface area contributed by atoms with Crippen molar-refractivity contribution in [3.05, 3.63) is 131 Å². The Morgan fingerprint density at radius 3 is 1.19 bits per heavy atom. The Hall–Kier alpha value is -4.96. The molecule has 0 fully saturated rings. The van der Waals surface area contributed by atoms with Crippen molar-refractivity contribution in [2.45, 2.75) is 0 Å². The van der Waals surface area contributed by atoms with Gasteiger partial charge >= 0.3 is 0 Å². The first kappa shape index (κ1) is 20.4. The molecule has 0 aliphatic rings. The Bertz CT molecular complexity index is 1820. The van der Waals surface area contributed by atoms with Crippen LogP contribution < -0.4 is 0 Å². The quantitative estimate of drug-likeness (QED) is 0.247. The minimum Gasteiger partial charge on any atom is -0.456 e. The lowest BCUT2D eigenvalue weighted by Gasteiger charge is -2.05. The van der Waals surface area contributed by atoms with Crippen LogP contribution in [0.5, 0.6) is 0 Å². The van der Waals surface area contributed by atoms with Crippen molar-refractivity contribution >= 4 is 55.4 Å². The zero-order chi connectivity index (χ0) is 24.2. The van der Waals surface area contributed by atoms with E-state index in [-0.39, 0.29) is 11.6 Å². The fourth-order valence-electron chi connectivity index (χ4n) is 4.84. The molecule has 7 aromatic rings. The van der Waals surface area contributed by atoms with Crippen molar-refractivity contribution in [2.75, 3.05) is 0 Å². The summed E-state index contributed by atoms with van der Waals surface area (Å²) < 4.78 is 11.7. The van der Waals surface area contributed by atoms with Crippen molar-refractivity contribution in [2.24, 2.45) is 0 Å². The second-order valence-corrected chi connectivity index (χ2v) is 8.85. The molecule has 0 N–H and O–H groups in total. The van der Waals surface area contributed by atoms with Gasteiger partial charge in [-0.05, 0) is 48.5 Å². The summed E-state index contributed by atoms with van der Waals surface area (Å²) in [5.74, 6) is -0.208. The molecule has 0 amide bonds. The van der Waals surface area contributed by atoms with Gasteiger partial charge in [-0.3, -0.25) is 9.59 Å². The molecule has 2 heterocycles. The van der Waals surface area contributed by atoms with Gasteiger partial charge in [-0.15, -0.1) is 0 Å². The highest BCUT2D eigenvalue weighted by atomic mass is 16.3. The lowest BCUT2D eigenvalue weighted by molar-refractivity contribution is 0.102. The molecule has 0 bridgehead atoms. The van der Waals surface area contributed by atoms with E-state index >= 15 is 0 Å². The van der Waals surface area contributed by atoms with E-state index in [9.17, 15) is 9.59 Å². The van der Waals surface area contributed by atoms with Gasteiger partial charge in [0.1, 0.15) is 22.3 Å². The maximum Gasteiger partial charge on any atom is 0.193 e. The van der Waals surface area contributed by atoms with Crippen LogP contribution in [0.3, 0.4) is 0 Å². The van der Waals surface area contributed by atoms with Crippen LogP contribution in [0, 0.1) is 0 Å². The SMILES string of the molecule is O=C(c1ccc(C(=O)c2ccc3oc4ccccc4c3c2)cc1)c1ccc2oc3ccccc3c2c1. The molecule has 4 nitrogen and oxygen atoms in total. The number of furan rings is 2. The van der Waals surface area contributed by atoms with E-state index in [2.05, 4.69) is 0 Å². The van der Waals surface area contributed by atoms with Gasteiger partial charge in [0.15, 0.2) is 11.6 Å². The Morgan fingerprint density at radius 2 is 0.750 bits per heavy atom. The molecule has 0 spiro atoms. The molecule has 4 heteroatoms. The molecular weight excluding hydrogens is 448 g/mol. The summed E-state index contributed by atoms with van der Waals surface area (Å²) in [6.07, 6.45) is 0. The van der Waals surface area contributed by atoms with Crippen LogP contribution in [0.25, 0.3) is 43.9 Å². The third-order valence-electron chi connectivity index (χ3n) is 6.69. The van der Waals surface area contributed by atoms with Crippen LogP contribution in [0.4, 0.5) is 0 Å². The molecule has 7 rings (SSSR count). The molecule has 0 radical (unpaired) electrons. The predicted molar refractivity (Wildman–Crippen MR) is 141 cm³/mol. The summed E-state index contributed by atoms with van der Waals surface area (Å²) in [5, 5.41) is 3.77. The van der Waals surface area contributed by atoms with Gasteiger partial charge in [0.05, 0.1) is 0 Å². The molecule has 0 aliphatic heterocycles. The summed E-state index contributed by atoms with van der Waals surface area (Å²) >= 11 is 0. The number of rotatable bonds is 4. The van der Waals surface area contributed by atoms with E-state index in [1.165, 1.54) is 0 Å². The van der Waals surface area contributed by atoms with Crippen molar-refractivity contribution in [3.63, 3.8) is 0 Å². The Balaban J connectivity index is 1.20. The fourth-order valence-corrected chi connectivity index (χ4v) is 4.84. The predicted octanol–water partition coefficient (Wildman–Crippen LogP) is 7.95. The first-order valence-electron chi connectivity index (χ1n) is 11.7. The van der Waals surface area contributed by atoms with Crippen LogP contribution in [0.15, 0.2) is 118 Å². The van der Waals surface area contributed by atoms with Gasteiger partial charge in [0.25, 0.3) is 0 Å². The van der Waals surface area contributed by atoms with Crippen LogP contribution >= 0.6 is 0 Å². The zero-order valence-corrected chi connectivity index (χ0v) is 19.0. The minimum absolute atomic E-state index is 0.104. The standard InChI is InChI=1S/C32H18O4/c33-31(21-13-15-29-25(17-21)23-5-1-3-7-27(23)35-29)19-9-11-20(12-10-19)32(34)22-14-16-30-26(18-22)24-6-2-4-8-28(24)36-30/h1-18H. The average molecular weight is 466 g/mol. The normalized spacial score (nSPS) is 11.6. The molecular formula is C32H18O4. The van der Waals surface area contributed by atoms with E-state index in [1.807, 2.05) is 72.8 Å². The van der Waals surface area contributed by atoms with E-state index in [0.717, 1.165) is 43.9 Å². The lowest BCUT2D eigenvalue weighted by Crippen LogP contribution is -2.04. The number of fused-ring (bicyclic) bond motifs is 6. The first-order valence-corrected chi connectivity index (χ1v) is 11.7. The van der Waals surface area contributed by atoms with Crippen molar-refractivity contribution in [1.29, 1.82) is 0 Å². The highest BCUT2D eigenvalue weighted by molar-refractivity contribution is 6.15. The highest BCUT2D eigenvalue weighted by Gasteiger charge is 2.16. The third kappa shape index (κ3) is 3.16. The summed E-state index contributed by atoms with van der Waals surface area (Å²) in [4.78, 5) is 26.4. The summed E-state index contributed by atoms with van der Waals surface area (Å²) in [5.41, 5.74) is 5.27. The highest BCUT2D eigenvalue weighted by Crippen LogP contribution is 2.31. The number of para-hydroxylation sites is 2. The number of carbonyl (C=O) groups excluding carboxylic acids is 2. The molecule has 36 heavy (non-hydrogen) atoms. The average Bonchev–Trinajstić information content (AvgIpc) is 3.50. The molecule has 0 aliphatic carbocycles. The van der Waals surface area contributed by atoms with Crippen molar-refractivity contribution in [1.82, 2.24) is 0 Å². The number of carbonyl (C=O) groups is 2. The van der Waals surface area contributed by atoms with Crippen LogP contribution in [0.1, 0.15) is 31.8 Å². The van der Waals surface area contributed by atoms with Crippen LogP contribution in [0.2, 0.25) is 0 Å². The summed E-state index contributed by atoms with van der Waals surface area (Å²) in [6, 6.07) is 33.3.